The van der Waals surface area contributed by atoms with Crippen LogP contribution in [0.4, 0.5) is 11.4 Å². The first-order valence-corrected chi connectivity index (χ1v) is 10.0. The smallest absolute Gasteiger partial charge is 0.283 e. The van der Waals surface area contributed by atoms with Crippen molar-refractivity contribution in [2.75, 3.05) is 5.43 Å². The maximum atomic E-state index is 13.0. The molecule has 32 heavy (non-hydrogen) atoms. The normalized spacial score (nSPS) is 11.2. The van der Waals surface area contributed by atoms with Crippen LogP contribution >= 0.6 is 11.8 Å². The number of carbonyl (C=O) groups is 1. The summed E-state index contributed by atoms with van der Waals surface area (Å²) in [5.74, 6) is -0.190. The van der Waals surface area contributed by atoms with Crippen LogP contribution in [0.5, 0.6) is 0 Å². The molecule has 10 nitrogen and oxygen atoms in total. The molecule has 0 saturated carbocycles. The minimum Gasteiger partial charge on any atom is -0.411 e. The molecule has 4 aromatic rings. The molecule has 0 aliphatic heterocycles. The summed E-state index contributed by atoms with van der Waals surface area (Å²) in [5.41, 5.74) is 4.41. The predicted molar refractivity (Wildman–Crippen MR) is 118 cm³/mol. The third-order valence-electron chi connectivity index (χ3n) is 4.11. The van der Waals surface area contributed by atoms with Crippen LogP contribution in [0, 0.1) is 10.1 Å². The number of thioether (sulfide) groups is 1. The van der Waals surface area contributed by atoms with Crippen LogP contribution in [0.2, 0.25) is 0 Å². The Labute approximate surface area is 185 Å². The summed E-state index contributed by atoms with van der Waals surface area (Å²) in [6.07, 6.45) is 3.03. The van der Waals surface area contributed by atoms with Crippen LogP contribution in [0.25, 0.3) is 11.5 Å². The van der Waals surface area contributed by atoms with Crippen molar-refractivity contribution < 1.29 is 14.1 Å². The minimum atomic E-state index is -0.494. The monoisotopic (exact) mass is 446 g/mol. The van der Waals surface area contributed by atoms with E-state index in [1.165, 1.54) is 36.7 Å². The number of carbonyl (C=O) groups excluding carboxylic acids is 1. The molecular formula is C21H14N6O4S. The van der Waals surface area contributed by atoms with Crippen LogP contribution in [0.1, 0.15) is 10.4 Å². The fraction of sp³-hybridized carbons (Fsp3) is 0. The molecule has 0 unspecified atom stereocenters. The molecular weight excluding hydrogens is 432 g/mol. The Morgan fingerprint density at radius 3 is 2.41 bits per heavy atom. The third-order valence-corrected chi connectivity index (χ3v) is 4.92. The van der Waals surface area contributed by atoms with Gasteiger partial charge in [0.25, 0.3) is 10.9 Å². The number of Topliss-reactive ketones (excluding diaryl/α,β-unsaturated/α-hetero) is 1. The van der Waals surface area contributed by atoms with Gasteiger partial charge >= 0.3 is 0 Å². The van der Waals surface area contributed by atoms with Crippen molar-refractivity contribution in [3.8, 4) is 11.5 Å². The van der Waals surface area contributed by atoms with Gasteiger partial charge in [0.1, 0.15) is 0 Å². The Morgan fingerprint density at radius 1 is 1.00 bits per heavy atom. The van der Waals surface area contributed by atoms with E-state index >= 15 is 0 Å². The Balaban J connectivity index is 1.58. The first kappa shape index (κ1) is 20.9. The van der Waals surface area contributed by atoms with Gasteiger partial charge in [0, 0.05) is 35.7 Å². The number of rotatable bonds is 7. The van der Waals surface area contributed by atoms with E-state index in [0.29, 0.717) is 16.8 Å². The zero-order chi connectivity index (χ0) is 22.3. The fourth-order valence-electron chi connectivity index (χ4n) is 2.55. The fourth-order valence-corrected chi connectivity index (χ4v) is 3.22. The van der Waals surface area contributed by atoms with Gasteiger partial charge in [-0.15, -0.1) is 10.2 Å². The number of hydrazone groups is 1. The number of anilines is 1. The van der Waals surface area contributed by atoms with Crippen molar-refractivity contribution in [2.45, 2.75) is 5.22 Å². The van der Waals surface area contributed by atoms with Crippen molar-refractivity contribution >= 4 is 34.0 Å². The molecule has 0 aliphatic carbocycles. The molecule has 4 rings (SSSR count). The van der Waals surface area contributed by atoms with E-state index in [-0.39, 0.29) is 27.6 Å². The highest BCUT2D eigenvalue weighted by molar-refractivity contribution is 8.15. The summed E-state index contributed by atoms with van der Waals surface area (Å²) in [6.45, 7) is 0. The number of aromatic nitrogens is 3. The number of pyridine rings is 1. The number of nitrogens with zero attached hydrogens (tertiary/aromatic N) is 5. The molecule has 158 valence electrons. The zero-order valence-electron chi connectivity index (χ0n) is 16.3. The van der Waals surface area contributed by atoms with Gasteiger partial charge in [-0.1, -0.05) is 18.2 Å². The molecule has 0 fully saturated rings. The molecule has 2 aromatic heterocycles. The number of nitro groups is 1. The lowest BCUT2D eigenvalue weighted by molar-refractivity contribution is -0.384. The number of non-ortho nitro benzene ring substituents is 1. The van der Waals surface area contributed by atoms with Crippen LogP contribution in [-0.2, 0) is 0 Å². The average Bonchev–Trinajstić information content (AvgIpc) is 3.31. The first-order valence-electron chi connectivity index (χ1n) is 9.20. The van der Waals surface area contributed by atoms with Gasteiger partial charge in [0.15, 0.2) is 5.04 Å². The van der Waals surface area contributed by atoms with Gasteiger partial charge in [-0.25, -0.2) is 0 Å². The molecule has 2 aromatic carbocycles. The summed E-state index contributed by atoms with van der Waals surface area (Å²) in [5, 5.41) is 23.1. The zero-order valence-corrected chi connectivity index (χ0v) is 17.1. The lowest BCUT2D eigenvalue weighted by Crippen LogP contribution is -2.13. The van der Waals surface area contributed by atoms with Crippen molar-refractivity contribution in [3.63, 3.8) is 0 Å². The second-order valence-corrected chi connectivity index (χ2v) is 7.18. The van der Waals surface area contributed by atoms with E-state index in [9.17, 15) is 14.9 Å². The van der Waals surface area contributed by atoms with Crippen LogP contribution in [0.3, 0.4) is 0 Å². The highest BCUT2D eigenvalue weighted by Gasteiger charge is 2.20. The van der Waals surface area contributed by atoms with E-state index < -0.39 is 4.92 Å². The molecule has 11 heteroatoms. The van der Waals surface area contributed by atoms with E-state index in [1.54, 1.807) is 12.1 Å². The lowest BCUT2D eigenvalue weighted by Gasteiger charge is -2.05. The maximum absolute atomic E-state index is 13.0. The lowest BCUT2D eigenvalue weighted by atomic mass is 10.2. The van der Waals surface area contributed by atoms with Gasteiger partial charge in [-0.3, -0.25) is 25.3 Å². The van der Waals surface area contributed by atoms with Gasteiger partial charge in [-0.2, -0.15) is 5.10 Å². The summed E-state index contributed by atoms with van der Waals surface area (Å²) >= 11 is 0.903. The molecule has 0 spiro atoms. The average molecular weight is 446 g/mol. The largest absolute Gasteiger partial charge is 0.411 e. The molecule has 0 amide bonds. The summed E-state index contributed by atoms with van der Waals surface area (Å²) in [4.78, 5) is 27.2. The van der Waals surface area contributed by atoms with E-state index in [4.69, 9.17) is 4.42 Å². The summed E-state index contributed by atoms with van der Waals surface area (Å²) < 4.78 is 5.64. The van der Waals surface area contributed by atoms with Gasteiger partial charge in [0.2, 0.25) is 11.7 Å². The van der Waals surface area contributed by atoms with Gasteiger partial charge in [0.05, 0.1) is 10.6 Å². The number of ketones is 1. The Bertz CT molecular complexity index is 1260. The molecule has 0 saturated heterocycles. The van der Waals surface area contributed by atoms with Crippen molar-refractivity contribution in [1.82, 2.24) is 15.2 Å². The number of hydrogen-bond donors (Lipinski definition) is 1. The molecule has 2 heterocycles. The number of hydrogen-bond acceptors (Lipinski definition) is 10. The second kappa shape index (κ2) is 9.62. The SMILES string of the molecule is O=C(C(=NNc1ccccc1)Sc1nnc(-c2ccc([N+](=O)[O-])cc2)o1)c1ccncc1. The molecule has 0 atom stereocenters. The second-order valence-electron chi connectivity index (χ2n) is 6.24. The van der Waals surface area contributed by atoms with Crippen molar-refractivity contribution in [3.05, 3.63) is 94.8 Å². The number of para-hydroxylation sites is 1. The summed E-state index contributed by atoms with van der Waals surface area (Å²) in [6, 6.07) is 18.0. The summed E-state index contributed by atoms with van der Waals surface area (Å²) in [7, 11) is 0. The standard InChI is InChI=1S/C21H14N6O4S/c28-18(14-10-12-22-13-11-14)20(25-23-16-4-2-1-3-5-16)32-21-26-24-19(31-21)15-6-8-17(9-7-15)27(29)30/h1-13,23H. The van der Waals surface area contributed by atoms with E-state index in [2.05, 4.69) is 25.7 Å². The highest BCUT2D eigenvalue weighted by atomic mass is 32.2. The van der Waals surface area contributed by atoms with Crippen LogP contribution in [-0.4, -0.2) is 30.9 Å². The third kappa shape index (κ3) is 5.02. The van der Waals surface area contributed by atoms with Crippen LogP contribution in [0.15, 0.2) is 93.9 Å². The minimum absolute atomic E-state index is 0.0489. The Morgan fingerprint density at radius 2 is 1.72 bits per heavy atom. The van der Waals surface area contributed by atoms with E-state index in [1.807, 2.05) is 30.3 Å². The number of nitro benzene ring substituents is 1. The molecule has 0 aliphatic rings. The van der Waals surface area contributed by atoms with E-state index in [0.717, 1.165) is 11.8 Å². The maximum Gasteiger partial charge on any atom is 0.283 e. The Kier molecular flexibility index (Phi) is 6.28. The number of nitrogens with one attached hydrogen (secondary N) is 1. The van der Waals surface area contributed by atoms with Gasteiger partial charge < -0.3 is 4.42 Å². The molecule has 0 radical (unpaired) electrons. The van der Waals surface area contributed by atoms with Crippen LogP contribution < -0.4 is 5.43 Å². The predicted octanol–water partition coefficient (Wildman–Crippen LogP) is 4.44. The topological polar surface area (TPSA) is 136 Å². The first-order chi connectivity index (χ1) is 15.6. The molecule has 1 N–H and O–H groups in total. The highest BCUT2D eigenvalue weighted by Crippen LogP contribution is 2.26. The van der Waals surface area contributed by atoms with Gasteiger partial charge in [-0.05, 0) is 48.2 Å². The Hall–Kier alpha value is -4.38. The van der Waals surface area contributed by atoms with Crippen molar-refractivity contribution in [1.29, 1.82) is 0 Å². The molecule has 0 bridgehead atoms. The number of benzene rings is 2. The van der Waals surface area contributed by atoms with Crippen molar-refractivity contribution in [2.24, 2.45) is 5.10 Å². The quantitative estimate of drug-likeness (QED) is 0.109.